The molecule has 5 heteroatoms. The van der Waals surface area contributed by atoms with Gasteiger partial charge in [-0.15, -0.1) is 0 Å². The van der Waals surface area contributed by atoms with E-state index in [-0.39, 0.29) is 6.71 Å². The molecule has 346 valence electrons. The zero-order valence-corrected chi connectivity index (χ0v) is 40.7. The molecule has 5 heterocycles. The lowest BCUT2D eigenvalue weighted by atomic mass is 9.34. The van der Waals surface area contributed by atoms with Gasteiger partial charge in [-0.25, -0.2) is 9.97 Å². The molecule has 0 N–H and O–H groups in total. The summed E-state index contributed by atoms with van der Waals surface area (Å²) in [7, 11) is 0. The second kappa shape index (κ2) is 16.3. The lowest BCUT2D eigenvalue weighted by Gasteiger charge is -2.34. The quantitative estimate of drug-likeness (QED) is 0.149. The summed E-state index contributed by atoms with van der Waals surface area (Å²) in [6.45, 7) is -0.0657. The lowest BCUT2D eigenvalue weighted by molar-refractivity contribution is 1.13. The minimum atomic E-state index is -0.0657. The number of benzene rings is 11. The Kier molecular flexibility index (Phi) is 9.10. The maximum Gasteiger partial charge on any atom is 0.252 e. The molecule has 0 unspecified atom stereocenters. The molecule has 3 aromatic heterocycles. The molecule has 2 aliphatic rings. The van der Waals surface area contributed by atoms with E-state index in [0.29, 0.717) is 5.82 Å². The third-order valence-electron chi connectivity index (χ3n) is 15.9. The molecule has 0 saturated heterocycles. The van der Waals surface area contributed by atoms with E-state index in [1.165, 1.54) is 105 Å². The Labute approximate surface area is 434 Å². The Bertz CT molecular complexity index is 4320. The average Bonchev–Trinajstić information content (AvgIpc) is 4.02. The van der Waals surface area contributed by atoms with Crippen molar-refractivity contribution in [2.24, 2.45) is 0 Å². The van der Waals surface area contributed by atoms with Gasteiger partial charge in [-0.05, 0) is 103 Å². The van der Waals surface area contributed by atoms with Crippen LogP contribution in [0.15, 0.2) is 261 Å². The highest BCUT2D eigenvalue weighted by atomic mass is 15.0. The third kappa shape index (κ3) is 6.31. The molecule has 4 nitrogen and oxygen atoms in total. The summed E-state index contributed by atoms with van der Waals surface area (Å²) in [6, 6.07) is 95.3. The minimum Gasteiger partial charge on any atom is -0.310 e. The zero-order chi connectivity index (χ0) is 49.1. The molecular formula is C70H43BN4. The predicted molar refractivity (Wildman–Crippen MR) is 313 cm³/mol. The smallest absolute Gasteiger partial charge is 0.252 e. The summed E-state index contributed by atoms with van der Waals surface area (Å²) in [5, 5.41) is 4.97. The molecular weight excluding hydrogens is 908 g/mol. The molecule has 0 amide bonds. The molecule has 0 saturated carbocycles. The molecule has 0 fully saturated rings. The Hall–Kier alpha value is -9.84. The van der Waals surface area contributed by atoms with Crippen molar-refractivity contribution >= 4 is 66.7 Å². The summed E-state index contributed by atoms with van der Waals surface area (Å²) >= 11 is 0. The Morgan fingerprint density at radius 3 is 1.07 bits per heavy atom. The highest BCUT2D eigenvalue weighted by Gasteiger charge is 2.42. The Morgan fingerprint density at radius 1 is 0.293 bits per heavy atom. The number of nitrogens with zero attached hydrogens (tertiary/aromatic N) is 4. The molecule has 2 aliphatic heterocycles. The van der Waals surface area contributed by atoms with E-state index in [1.807, 2.05) is 0 Å². The van der Waals surface area contributed by atoms with Gasteiger partial charge >= 0.3 is 0 Å². The van der Waals surface area contributed by atoms with Crippen molar-refractivity contribution in [2.45, 2.75) is 0 Å². The second-order valence-corrected chi connectivity index (χ2v) is 20.0. The van der Waals surface area contributed by atoms with Gasteiger partial charge in [-0.2, -0.15) is 0 Å². The number of hydrogen-bond acceptors (Lipinski definition) is 2. The molecule has 0 aliphatic carbocycles. The summed E-state index contributed by atoms with van der Waals surface area (Å²) < 4.78 is 5.19. The Balaban J connectivity index is 1.09. The topological polar surface area (TPSA) is 35.6 Å². The van der Waals surface area contributed by atoms with Crippen molar-refractivity contribution in [3.63, 3.8) is 0 Å². The largest absolute Gasteiger partial charge is 0.310 e. The molecule has 75 heavy (non-hydrogen) atoms. The molecule has 16 rings (SSSR count). The van der Waals surface area contributed by atoms with E-state index >= 15 is 0 Å². The van der Waals surface area contributed by atoms with Gasteiger partial charge in [0, 0.05) is 60.6 Å². The van der Waals surface area contributed by atoms with E-state index < -0.39 is 0 Å². The van der Waals surface area contributed by atoms with Gasteiger partial charge in [0.2, 0.25) is 0 Å². The normalized spacial score (nSPS) is 12.2. The number of para-hydroxylation sites is 2. The first-order valence-corrected chi connectivity index (χ1v) is 25.8. The zero-order valence-electron chi connectivity index (χ0n) is 40.7. The average molecular weight is 951 g/mol. The van der Waals surface area contributed by atoms with Gasteiger partial charge < -0.3 is 9.13 Å². The van der Waals surface area contributed by atoms with Crippen molar-refractivity contribution in [3.8, 4) is 89.8 Å². The van der Waals surface area contributed by atoms with Crippen LogP contribution in [0.25, 0.3) is 133 Å². The predicted octanol–water partition coefficient (Wildman–Crippen LogP) is 15.5. The van der Waals surface area contributed by atoms with Crippen molar-refractivity contribution in [3.05, 3.63) is 261 Å². The van der Waals surface area contributed by atoms with Crippen LogP contribution in [0.3, 0.4) is 0 Å². The van der Waals surface area contributed by atoms with E-state index in [2.05, 4.69) is 270 Å². The van der Waals surface area contributed by atoms with Gasteiger partial charge in [0.1, 0.15) is 0 Å². The maximum absolute atomic E-state index is 5.53. The van der Waals surface area contributed by atoms with Crippen molar-refractivity contribution in [1.29, 1.82) is 0 Å². The number of hydrogen-bond donors (Lipinski definition) is 0. The first-order valence-electron chi connectivity index (χ1n) is 25.8. The molecule has 0 atom stereocenters. The summed E-state index contributed by atoms with van der Waals surface area (Å²) in [4.78, 5) is 11.1. The van der Waals surface area contributed by atoms with E-state index in [0.717, 1.165) is 39.5 Å². The van der Waals surface area contributed by atoms with Gasteiger partial charge in [0.25, 0.3) is 6.71 Å². The van der Waals surface area contributed by atoms with E-state index in [9.17, 15) is 0 Å². The van der Waals surface area contributed by atoms with Crippen LogP contribution < -0.4 is 16.4 Å². The van der Waals surface area contributed by atoms with E-state index in [1.54, 1.807) is 0 Å². The van der Waals surface area contributed by atoms with E-state index in [4.69, 9.17) is 9.97 Å². The van der Waals surface area contributed by atoms with Crippen LogP contribution in [-0.2, 0) is 0 Å². The highest BCUT2D eigenvalue weighted by molar-refractivity contribution is 7.00. The fourth-order valence-electron chi connectivity index (χ4n) is 12.7. The third-order valence-corrected chi connectivity index (χ3v) is 15.9. The van der Waals surface area contributed by atoms with Crippen LogP contribution in [-0.4, -0.2) is 25.8 Å². The van der Waals surface area contributed by atoms with Crippen LogP contribution in [0.5, 0.6) is 0 Å². The van der Waals surface area contributed by atoms with Crippen LogP contribution >= 0.6 is 0 Å². The second-order valence-electron chi connectivity index (χ2n) is 20.0. The van der Waals surface area contributed by atoms with Crippen LogP contribution in [0, 0.1) is 0 Å². The number of aromatic nitrogens is 4. The maximum atomic E-state index is 5.53. The van der Waals surface area contributed by atoms with Crippen molar-refractivity contribution in [1.82, 2.24) is 19.1 Å². The molecule has 0 spiro atoms. The van der Waals surface area contributed by atoms with Crippen LogP contribution in [0.1, 0.15) is 0 Å². The summed E-state index contributed by atoms with van der Waals surface area (Å²) in [6.07, 6.45) is 0. The van der Waals surface area contributed by atoms with Crippen LogP contribution in [0.2, 0.25) is 0 Å². The fraction of sp³-hybridized carbons (Fsp3) is 0. The fourth-order valence-corrected chi connectivity index (χ4v) is 12.7. The minimum absolute atomic E-state index is 0.0657. The lowest BCUT2D eigenvalue weighted by Crippen LogP contribution is -2.59. The SMILES string of the molecule is c1ccc(-c2cc(-c3ccccc3)c3c4cccc5c4n(c3c2)-c2cc(-c3nc(-c4ccccc4)cc(-c4ccccc4)n3)cc3c2B5c2cccc4c5c(-c6ccccc6)cc(-c6ccccc6)cc5n-3c24)cc1. The monoisotopic (exact) mass is 950 g/mol. The molecule has 0 radical (unpaired) electrons. The van der Waals surface area contributed by atoms with Crippen molar-refractivity contribution in [2.75, 3.05) is 0 Å². The van der Waals surface area contributed by atoms with Crippen LogP contribution in [0.4, 0.5) is 0 Å². The van der Waals surface area contributed by atoms with Gasteiger partial charge in [0.15, 0.2) is 5.82 Å². The molecule has 0 bridgehead atoms. The summed E-state index contributed by atoms with van der Waals surface area (Å²) in [5.74, 6) is 0.675. The number of rotatable bonds is 7. The molecule has 14 aromatic rings. The Morgan fingerprint density at radius 2 is 0.667 bits per heavy atom. The standard InChI is InChI=1S/C70H43BN4/c1-7-21-44(22-8-1)50-37-55(46-25-11-3-12-26-46)65-53-33-19-35-57-68(53)74(61(65)39-50)63-41-52(70-72-59(48-29-15-5-16-30-48)43-60(73-70)49-31-17-6-18-32-49)42-64-67(63)71(57)58-36-20-34-54-66-56(47-27-13-4-14-28-47)38-51(45-23-9-2-10-24-45)40-62(66)75(64)69(54)58/h1-43H. The first-order chi connectivity index (χ1) is 37.2. The first kappa shape index (κ1) is 41.7. The van der Waals surface area contributed by atoms with Gasteiger partial charge in [0.05, 0.1) is 22.4 Å². The summed E-state index contributed by atoms with van der Waals surface area (Å²) in [5.41, 5.74) is 25.2. The van der Waals surface area contributed by atoms with Gasteiger partial charge in [-0.1, -0.05) is 218 Å². The molecule has 11 aromatic carbocycles. The highest BCUT2D eigenvalue weighted by Crippen LogP contribution is 2.47. The van der Waals surface area contributed by atoms with Gasteiger partial charge in [-0.3, -0.25) is 0 Å². The van der Waals surface area contributed by atoms with Crippen molar-refractivity contribution < 1.29 is 0 Å². The number of fused-ring (bicyclic) bond motifs is 10.